The summed E-state index contributed by atoms with van der Waals surface area (Å²) in [6.45, 7) is 5.07. The van der Waals surface area contributed by atoms with Crippen LogP contribution in [0.25, 0.3) is 0 Å². The number of amides is 2. The van der Waals surface area contributed by atoms with Crippen molar-refractivity contribution < 1.29 is 18.0 Å². The molecule has 2 aromatic rings. The zero-order chi connectivity index (χ0) is 24.8. The van der Waals surface area contributed by atoms with Crippen LogP contribution in [0.2, 0.25) is 10.0 Å². The Kier molecular flexibility index (Phi) is 9.57. The van der Waals surface area contributed by atoms with Gasteiger partial charge < -0.3 is 10.2 Å². The number of carbonyl (C=O) groups is 2. The molecule has 0 unspecified atom stereocenters. The number of nitrogens with zero attached hydrogens (tertiary/aromatic N) is 2. The number of carbonyl (C=O) groups excluding carboxylic acids is 2. The standard InChI is InChI=1S/C23H29Cl2N3O4S/c1-5-16(2)26-23(30)17(3)27(14-18-9-11-19(24)12-10-18)22(29)15-28(33(4,31)32)21-8-6-7-20(25)13-21/h6-13,16-17H,5,14-15H2,1-4H3,(H,26,30)/t16-,17-/m1/s1. The molecule has 0 heterocycles. The molecule has 2 amide bonds. The molecule has 0 radical (unpaired) electrons. The fourth-order valence-electron chi connectivity index (χ4n) is 3.08. The highest BCUT2D eigenvalue weighted by atomic mass is 35.5. The molecule has 0 bridgehead atoms. The van der Waals surface area contributed by atoms with E-state index in [0.29, 0.717) is 10.0 Å². The Morgan fingerprint density at radius 2 is 1.67 bits per heavy atom. The number of hydrogen-bond donors (Lipinski definition) is 1. The quantitative estimate of drug-likeness (QED) is 0.518. The van der Waals surface area contributed by atoms with E-state index in [-0.39, 0.29) is 24.2 Å². The first kappa shape index (κ1) is 27.0. The molecule has 0 saturated heterocycles. The molecule has 10 heteroatoms. The van der Waals surface area contributed by atoms with Crippen LogP contribution >= 0.6 is 23.2 Å². The Labute approximate surface area is 205 Å². The second-order valence-electron chi connectivity index (χ2n) is 7.89. The Bertz CT molecular complexity index is 1080. The number of rotatable bonds is 10. The van der Waals surface area contributed by atoms with E-state index >= 15 is 0 Å². The van der Waals surface area contributed by atoms with Crippen LogP contribution in [0.5, 0.6) is 0 Å². The molecule has 0 aliphatic carbocycles. The van der Waals surface area contributed by atoms with Gasteiger partial charge in [0.2, 0.25) is 21.8 Å². The van der Waals surface area contributed by atoms with Crippen LogP contribution in [-0.2, 0) is 26.2 Å². The van der Waals surface area contributed by atoms with Gasteiger partial charge in [-0.05, 0) is 56.2 Å². The Morgan fingerprint density at radius 3 is 2.21 bits per heavy atom. The second-order valence-corrected chi connectivity index (χ2v) is 10.7. The van der Waals surface area contributed by atoms with Crippen molar-refractivity contribution in [2.75, 3.05) is 17.1 Å². The zero-order valence-corrected chi connectivity index (χ0v) is 21.4. The molecule has 0 aromatic heterocycles. The van der Waals surface area contributed by atoms with Crippen molar-refractivity contribution in [3.63, 3.8) is 0 Å². The summed E-state index contributed by atoms with van der Waals surface area (Å²) >= 11 is 12.0. The van der Waals surface area contributed by atoms with E-state index in [4.69, 9.17) is 23.2 Å². The molecule has 1 N–H and O–H groups in total. The lowest BCUT2D eigenvalue weighted by Gasteiger charge is -2.32. The highest BCUT2D eigenvalue weighted by molar-refractivity contribution is 7.92. The highest BCUT2D eigenvalue weighted by Gasteiger charge is 2.30. The minimum absolute atomic E-state index is 0.0635. The van der Waals surface area contributed by atoms with E-state index in [9.17, 15) is 18.0 Å². The maximum absolute atomic E-state index is 13.4. The van der Waals surface area contributed by atoms with Crippen LogP contribution in [-0.4, -0.2) is 50.0 Å². The lowest BCUT2D eigenvalue weighted by molar-refractivity contribution is -0.139. The minimum Gasteiger partial charge on any atom is -0.352 e. The number of benzene rings is 2. The summed E-state index contributed by atoms with van der Waals surface area (Å²) in [5.41, 5.74) is 1.02. The summed E-state index contributed by atoms with van der Waals surface area (Å²) in [6, 6.07) is 12.3. The molecule has 0 spiro atoms. The SMILES string of the molecule is CC[C@@H](C)NC(=O)[C@@H](C)N(Cc1ccc(Cl)cc1)C(=O)CN(c1cccc(Cl)c1)S(C)(=O)=O. The van der Waals surface area contributed by atoms with Crippen LogP contribution in [0.3, 0.4) is 0 Å². The molecular weight excluding hydrogens is 485 g/mol. The molecular formula is C23H29Cl2N3O4S. The van der Waals surface area contributed by atoms with Crippen LogP contribution in [0.4, 0.5) is 5.69 Å². The summed E-state index contributed by atoms with van der Waals surface area (Å²) in [5, 5.41) is 3.76. The molecule has 180 valence electrons. The van der Waals surface area contributed by atoms with Crippen molar-refractivity contribution in [3.05, 3.63) is 64.1 Å². The Balaban J connectivity index is 2.37. The van der Waals surface area contributed by atoms with Crippen molar-refractivity contribution in [3.8, 4) is 0 Å². The first-order chi connectivity index (χ1) is 15.4. The summed E-state index contributed by atoms with van der Waals surface area (Å²) in [7, 11) is -3.80. The average molecular weight is 514 g/mol. The molecule has 2 atom stereocenters. The molecule has 0 saturated carbocycles. The molecule has 0 aliphatic rings. The molecule has 0 fully saturated rings. The van der Waals surface area contributed by atoms with Crippen molar-refractivity contribution in [2.24, 2.45) is 0 Å². The largest absolute Gasteiger partial charge is 0.352 e. The van der Waals surface area contributed by atoms with Crippen LogP contribution in [0.15, 0.2) is 48.5 Å². The third-order valence-corrected chi connectivity index (χ3v) is 6.84. The van der Waals surface area contributed by atoms with Crippen molar-refractivity contribution >= 4 is 50.7 Å². The van der Waals surface area contributed by atoms with E-state index in [1.165, 1.54) is 11.0 Å². The maximum atomic E-state index is 13.4. The van der Waals surface area contributed by atoms with Gasteiger partial charge in [-0.25, -0.2) is 8.42 Å². The first-order valence-corrected chi connectivity index (χ1v) is 13.1. The van der Waals surface area contributed by atoms with E-state index in [1.54, 1.807) is 49.4 Å². The van der Waals surface area contributed by atoms with E-state index < -0.39 is 28.5 Å². The number of sulfonamides is 1. The van der Waals surface area contributed by atoms with Gasteiger partial charge in [-0.15, -0.1) is 0 Å². The van der Waals surface area contributed by atoms with E-state index in [0.717, 1.165) is 22.5 Å². The fourth-order valence-corrected chi connectivity index (χ4v) is 4.23. The monoisotopic (exact) mass is 513 g/mol. The van der Waals surface area contributed by atoms with Crippen LogP contribution in [0, 0.1) is 0 Å². The Morgan fingerprint density at radius 1 is 1.03 bits per heavy atom. The van der Waals surface area contributed by atoms with Gasteiger partial charge in [-0.3, -0.25) is 13.9 Å². The first-order valence-electron chi connectivity index (χ1n) is 10.5. The lowest BCUT2D eigenvalue weighted by atomic mass is 10.1. The maximum Gasteiger partial charge on any atom is 0.244 e. The number of anilines is 1. The number of halogens is 2. The fraction of sp³-hybridized carbons (Fsp3) is 0.391. The topological polar surface area (TPSA) is 86.8 Å². The summed E-state index contributed by atoms with van der Waals surface area (Å²) in [4.78, 5) is 27.6. The van der Waals surface area contributed by atoms with Crippen molar-refractivity contribution in [2.45, 2.75) is 45.8 Å². The molecule has 0 aliphatic heterocycles. The third-order valence-electron chi connectivity index (χ3n) is 5.21. The van der Waals surface area contributed by atoms with Crippen molar-refractivity contribution in [1.29, 1.82) is 0 Å². The molecule has 33 heavy (non-hydrogen) atoms. The predicted octanol–water partition coefficient (Wildman–Crippen LogP) is 4.09. The lowest BCUT2D eigenvalue weighted by Crippen LogP contribution is -2.52. The van der Waals surface area contributed by atoms with Gasteiger partial charge >= 0.3 is 0 Å². The van der Waals surface area contributed by atoms with Crippen LogP contribution in [0.1, 0.15) is 32.8 Å². The van der Waals surface area contributed by atoms with Crippen molar-refractivity contribution in [1.82, 2.24) is 10.2 Å². The summed E-state index contributed by atoms with van der Waals surface area (Å²) in [6.07, 6.45) is 1.75. The number of nitrogens with one attached hydrogen (secondary N) is 1. The van der Waals surface area contributed by atoms with E-state index in [2.05, 4.69) is 5.32 Å². The van der Waals surface area contributed by atoms with Gasteiger partial charge in [0.15, 0.2) is 0 Å². The zero-order valence-electron chi connectivity index (χ0n) is 19.1. The highest BCUT2D eigenvalue weighted by Crippen LogP contribution is 2.23. The molecule has 7 nitrogen and oxygen atoms in total. The smallest absolute Gasteiger partial charge is 0.244 e. The van der Waals surface area contributed by atoms with Gasteiger partial charge in [0.05, 0.1) is 11.9 Å². The van der Waals surface area contributed by atoms with Gasteiger partial charge in [0, 0.05) is 22.6 Å². The summed E-state index contributed by atoms with van der Waals surface area (Å²) in [5.74, 6) is -0.845. The third kappa shape index (κ3) is 7.91. The molecule has 2 rings (SSSR count). The summed E-state index contributed by atoms with van der Waals surface area (Å²) < 4.78 is 26.0. The number of hydrogen-bond acceptors (Lipinski definition) is 4. The normalized spacial score (nSPS) is 13.2. The van der Waals surface area contributed by atoms with E-state index in [1.807, 2.05) is 13.8 Å². The predicted molar refractivity (Wildman–Crippen MR) is 133 cm³/mol. The van der Waals surface area contributed by atoms with Gasteiger partial charge in [0.25, 0.3) is 0 Å². The van der Waals surface area contributed by atoms with Gasteiger partial charge in [-0.2, -0.15) is 0 Å². The Hall–Kier alpha value is -2.29. The molecule has 2 aromatic carbocycles. The minimum atomic E-state index is -3.80. The average Bonchev–Trinajstić information content (AvgIpc) is 2.75. The second kappa shape index (κ2) is 11.7. The van der Waals surface area contributed by atoms with Gasteiger partial charge in [-0.1, -0.05) is 48.3 Å². The van der Waals surface area contributed by atoms with Crippen LogP contribution < -0.4 is 9.62 Å². The van der Waals surface area contributed by atoms with Gasteiger partial charge in [0.1, 0.15) is 12.6 Å².